The maximum absolute atomic E-state index is 11.0. The monoisotopic (exact) mass is 179 g/mol. The molecule has 0 fully saturated rings. The van der Waals surface area contributed by atoms with Gasteiger partial charge in [-0.3, -0.25) is 9.52 Å². The zero-order valence-corrected chi connectivity index (χ0v) is 7.95. The first-order chi connectivity index (χ1) is 4.63. The maximum atomic E-state index is 11.0. The van der Waals surface area contributed by atoms with E-state index in [2.05, 4.69) is 0 Å². The predicted octanol–water partition coefficient (Wildman–Crippen LogP) is 0.108. The second-order valence-corrected chi connectivity index (χ2v) is 5.20. The van der Waals surface area contributed by atoms with E-state index in [1.807, 2.05) is 4.72 Å². The van der Waals surface area contributed by atoms with Gasteiger partial charge in [-0.1, -0.05) is 20.8 Å². The molecule has 0 rings (SSSR count). The van der Waals surface area contributed by atoms with E-state index in [1.165, 1.54) is 0 Å². The Bertz CT molecular complexity index is 247. The molecule has 0 atom stereocenters. The molecule has 0 aromatic rings. The third kappa shape index (κ3) is 4.78. The summed E-state index contributed by atoms with van der Waals surface area (Å²) >= 11 is 0. The van der Waals surface area contributed by atoms with Crippen LogP contribution in [0.2, 0.25) is 0 Å². The van der Waals surface area contributed by atoms with Gasteiger partial charge in [0.2, 0.25) is 15.9 Å². The lowest BCUT2D eigenvalue weighted by atomic mass is 9.96. The normalized spacial score (nSPS) is 12.7. The van der Waals surface area contributed by atoms with Crippen LogP contribution in [0.25, 0.3) is 0 Å². The Labute approximate surface area is 67.0 Å². The van der Waals surface area contributed by atoms with Gasteiger partial charge in [0.15, 0.2) is 0 Å². The van der Waals surface area contributed by atoms with Crippen LogP contribution < -0.4 is 4.72 Å². The highest BCUT2D eigenvalue weighted by atomic mass is 32.2. The van der Waals surface area contributed by atoms with Gasteiger partial charge in [-0.05, 0) is 0 Å². The number of carbonyl (C=O) groups is 1. The zero-order valence-electron chi connectivity index (χ0n) is 7.13. The van der Waals surface area contributed by atoms with E-state index in [9.17, 15) is 13.2 Å². The van der Waals surface area contributed by atoms with Crippen LogP contribution >= 0.6 is 0 Å². The molecule has 0 aliphatic rings. The molecular weight excluding hydrogens is 166 g/mol. The van der Waals surface area contributed by atoms with E-state index in [4.69, 9.17) is 0 Å². The second-order valence-electron chi connectivity index (χ2n) is 3.45. The number of amides is 1. The number of sulfonamides is 1. The molecule has 0 bridgehead atoms. The quantitative estimate of drug-likeness (QED) is 0.621. The molecule has 0 saturated heterocycles. The smallest absolute Gasteiger partial charge is 0.238 e. The fourth-order valence-electron chi connectivity index (χ4n) is 0.321. The first kappa shape index (κ1) is 10.4. The van der Waals surface area contributed by atoms with Crippen molar-refractivity contribution in [1.29, 1.82) is 0 Å². The van der Waals surface area contributed by atoms with E-state index < -0.39 is 21.3 Å². The fraction of sp³-hybridized carbons (Fsp3) is 0.833. The highest BCUT2D eigenvalue weighted by Crippen LogP contribution is 2.12. The zero-order chi connectivity index (χ0) is 9.28. The third-order valence-corrected chi connectivity index (χ3v) is 1.52. The number of hydrogen-bond acceptors (Lipinski definition) is 3. The van der Waals surface area contributed by atoms with Gasteiger partial charge < -0.3 is 0 Å². The van der Waals surface area contributed by atoms with Crippen molar-refractivity contribution in [2.24, 2.45) is 5.41 Å². The summed E-state index contributed by atoms with van der Waals surface area (Å²) in [4.78, 5) is 11.0. The molecule has 0 aliphatic heterocycles. The molecule has 0 spiro atoms. The Morgan fingerprint density at radius 2 is 1.64 bits per heavy atom. The van der Waals surface area contributed by atoms with Crippen LogP contribution in [0.15, 0.2) is 0 Å². The minimum atomic E-state index is -3.41. The highest BCUT2D eigenvalue weighted by molar-refractivity contribution is 7.89. The van der Waals surface area contributed by atoms with Gasteiger partial charge in [0.05, 0.1) is 6.26 Å². The lowest BCUT2D eigenvalue weighted by molar-refractivity contribution is -0.126. The summed E-state index contributed by atoms with van der Waals surface area (Å²) in [6, 6.07) is 0. The van der Waals surface area contributed by atoms with Gasteiger partial charge >= 0.3 is 0 Å². The van der Waals surface area contributed by atoms with Crippen molar-refractivity contribution in [2.75, 3.05) is 6.26 Å². The molecule has 11 heavy (non-hydrogen) atoms. The van der Waals surface area contributed by atoms with Crippen LogP contribution in [0.5, 0.6) is 0 Å². The Balaban J connectivity index is 4.35. The topological polar surface area (TPSA) is 63.2 Å². The summed E-state index contributed by atoms with van der Waals surface area (Å²) in [5.41, 5.74) is -0.664. The van der Waals surface area contributed by atoms with Gasteiger partial charge in [-0.2, -0.15) is 0 Å². The number of hydrogen-bond donors (Lipinski definition) is 1. The van der Waals surface area contributed by atoms with E-state index in [0.29, 0.717) is 0 Å². The Morgan fingerprint density at radius 3 is 1.73 bits per heavy atom. The number of rotatable bonds is 1. The summed E-state index contributed by atoms with van der Waals surface area (Å²) in [5, 5.41) is 0. The second kappa shape index (κ2) is 2.81. The van der Waals surface area contributed by atoms with E-state index in [-0.39, 0.29) is 0 Å². The molecule has 66 valence electrons. The summed E-state index contributed by atoms with van der Waals surface area (Å²) < 4.78 is 23.0. The van der Waals surface area contributed by atoms with E-state index in [1.54, 1.807) is 20.8 Å². The van der Waals surface area contributed by atoms with Crippen molar-refractivity contribution in [3.8, 4) is 0 Å². The Hall–Kier alpha value is -0.580. The molecule has 0 radical (unpaired) electrons. The van der Waals surface area contributed by atoms with Crippen LogP contribution in [0, 0.1) is 5.41 Å². The lowest BCUT2D eigenvalue weighted by Gasteiger charge is -2.15. The van der Waals surface area contributed by atoms with Gasteiger partial charge in [-0.15, -0.1) is 0 Å². The third-order valence-electron chi connectivity index (χ3n) is 0.959. The maximum Gasteiger partial charge on any atom is 0.238 e. The Morgan fingerprint density at radius 1 is 1.27 bits per heavy atom. The van der Waals surface area contributed by atoms with Gasteiger partial charge in [0.1, 0.15) is 0 Å². The number of carbonyl (C=O) groups excluding carboxylic acids is 1. The molecule has 0 aromatic heterocycles. The molecule has 0 aromatic carbocycles. The minimum Gasteiger partial charge on any atom is -0.273 e. The van der Waals surface area contributed by atoms with Gasteiger partial charge in [0, 0.05) is 5.41 Å². The fourth-order valence-corrected chi connectivity index (χ4v) is 0.964. The molecule has 4 nitrogen and oxygen atoms in total. The largest absolute Gasteiger partial charge is 0.273 e. The van der Waals surface area contributed by atoms with Crippen molar-refractivity contribution < 1.29 is 13.2 Å². The summed E-state index contributed by atoms with van der Waals surface area (Å²) in [7, 11) is -3.41. The molecule has 0 aliphatic carbocycles. The van der Waals surface area contributed by atoms with Gasteiger partial charge in [0.25, 0.3) is 0 Å². The van der Waals surface area contributed by atoms with Crippen LogP contribution in [0.4, 0.5) is 0 Å². The SMILES string of the molecule is CC(C)(C)C(=O)NS(C)(=O)=O. The van der Waals surface area contributed by atoms with E-state index in [0.717, 1.165) is 6.26 Å². The van der Waals surface area contributed by atoms with Crippen LogP contribution in [-0.4, -0.2) is 20.6 Å². The highest BCUT2D eigenvalue weighted by Gasteiger charge is 2.23. The molecule has 1 amide bonds. The first-order valence-corrected chi connectivity index (χ1v) is 5.04. The average Bonchev–Trinajstić information content (AvgIpc) is 1.56. The summed E-state index contributed by atoms with van der Waals surface area (Å²) in [5.74, 6) is -0.486. The summed E-state index contributed by atoms with van der Waals surface area (Å²) in [6.45, 7) is 4.94. The van der Waals surface area contributed by atoms with Crippen molar-refractivity contribution in [3.05, 3.63) is 0 Å². The molecule has 1 N–H and O–H groups in total. The molecule has 0 unspecified atom stereocenters. The molecular formula is C6H13NO3S. The van der Waals surface area contributed by atoms with Crippen molar-refractivity contribution in [3.63, 3.8) is 0 Å². The average molecular weight is 179 g/mol. The van der Waals surface area contributed by atoms with E-state index >= 15 is 0 Å². The van der Waals surface area contributed by atoms with Crippen LogP contribution in [0.1, 0.15) is 20.8 Å². The van der Waals surface area contributed by atoms with Crippen molar-refractivity contribution >= 4 is 15.9 Å². The Kier molecular flexibility index (Phi) is 2.66. The standard InChI is InChI=1S/C6H13NO3S/c1-6(2,3)5(8)7-11(4,9)10/h1-4H3,(H,7,8). The van der Waals surface area contributed by atoms with Crippen LogP contribution in [0.3, 0.4) is 0 Å². The van der Waals surface area contributed by atoms with Crippen molar-refractivity contribution in [2.45, 2.75) is 20.8 Å². The minimum absolute atomic E-state index is 0.486. The molecule has 0 heterocycles. The predicted molar refractivity (Wildman–Crippen MR) is 42.4 cm³/mol. The summed E-state index contributed by atoms with van der Waals surface area (Å²) in [6.07, 6.45) is 0.955. The molecule has 0 saturated carbocycles. The van der Waals surface area contributed by atoms with Gasteiger partial charge in [-0.25, -0.2) is 8.42 Å². The number of nitrogens with one attached hydrogen (secondary N) is 1. The molecule has 5 heteroatoms. The first-order valence-electron chi connectivity index (χ1n) is 3.15. The lowest BCUT2D eigenvalue weighted by Crippen LogP contribution is -2.38. The van der Waals surface area contributed by atoms with Crippen molar-refractivity contribution in [1.82, 2.24) is 4.72 Å². The van der Waals surface area contributed by atoms with Crippen LogP contribution in [-0.2, 0) is 14.8 Å².